The third-order valence-corrected chi connectivity index (χ3v) is 2.73. The molecule has 6 nitrogen and oxygen atoms in total. The van der Waals surface area contributed by atoms with Gasteiger partial charge in [-0.1, -0.05) is 6.92 Å². The first-order chi connectivity index (χ1) is 8.39. The molecule has 0 heterocycles. The maximum atomic E-state index is 10.6. The van der Waals surface area contributed by atoms with Crippen LogP contribution in [0.5, 0.6) is 5.75 Å². The predicted molar refractivity (Wildman–Crippen MR) is 65.4 cm³/mol. The van der Waals surface area contributed by atoms with E-state index in [0.717, 1.165) is 0 Å². The van der Waals surface area contributed by atoms with Gasteiger partial charge in [0.25, 0.3) is 5.69 Å². The zero-order valence-corrected chi connectivity index (χ0v) is 10.4. The van der Waals surface area contributed by atoms with Crippen LogP contribution in [0.25, 0.3) is 0 Å². The molecule has 0 saturated carbocycles. The molecule has 0 aliphatic heterocycles. The number of non-ortho nitro benzene ring substituents is 1. The van der Waals surface area contributed by atoms with E-state index in [0.29, 0.717) is 17.7 Å². The molecule has 0 fully saturated rings. The summed E-state index contributed by atoms with van der Waals surface area (Å²) in [5.41, 5.74) is -0.737. The second-order valence-corrected chi connectivity index (χ2v) is 4.35. The molecule has 0 aliphatic carbocycles. The molecule has 0 aliphatic rings. The SMILES string of the molecule is CCC(C)(O)COc1ccc([N+](=O)[O-])cc1CO. The highest BCUT2D eigenvalue weighted by molar-refractivity contribution is 5.43. The monoisotopic (exact) mass is 255 g/mol. The van der Waals surface area contributed by atoms with Gasteiger partial charge in [-0.2, -0.15) is 0 Å². The fraction of sp³-hybridized carbons (Fsp3) is 0.500. The van der Waals surface area contributed by atoms with Gasteiger partial charge in [-0.3, -0.25) is 10.1 Å². The van der Waals surface area contributed by atoms with Crippen molar-refractivity contribution < 1.29 is 19.9 Å². The molecule has 1 aromatic rings. The third kappa shape index (κ3) is 3.68. The third-order valence-electron chi connectivity index (χ3n) is 2.73. The molecular formula is C12H17NO5. The highest BCUT2D eigenvalue weighted by atomic mass is 16.6. The summed E-state index contributed by atoms with van der Waals surface area (Å²) in [7, 11) is 0. The normalized spacial score (nSPS) is 14.0. The van der Waals surface area contributed by atoms with E-state index < -0.39 is 10.5 Å². The molecule has 100 valence electrons. The molecule has 0 saturated heterocycles. The minimum absolute atomic E-state index is 0.0638. The Morgan fingerprint density at radius 3 is 2.67 bits per heavy atom. The first kappa shape index (κ1) is 14.4. The van der Waals surface area contributed by atoms with Gasteiger partial charge < -0.3 is 14.9 Å². The topological polar surface area (TPSA) is 92.8 Å². The van der Waals surface area contributed by atoms with E-state index in [1.54, 1.807) is 6.92 Å². The summed E-state index contributed by atoms with van der Waals surface area (Å²) in [5.74, 6) is 0.344. The maximum absolute atomic E-state index is 10.6. The summed E-state index contributed by atoms with van der Waals surface area (Å²) < 4.78 is 5.39. The van der Waals surface area contributed by atoms with Gasteiger partial charge in [0.1, 0.15) is 12.4 Å². The summed E-state index contributed by atoms with van der Waals surface area (Å²) in [4.78, 5) is 10.1. The molecular weight excluding hydrogens is 238 g/mol. The van der Waals surface area contributed by atoms with Gasteiger partial charge in [0.2, 0.25) is 0 Å². The van der Waals surface area contributed by atoms with Crippen molar-refractivity contribution >= 4 is 5.69 Å². The van der Waals surface area contributed by atoms with E-state index in [9.17, 15) is 15.2 Å². The molecule has 1 rings (SSSR count). The fourth-order valence-electron chi connectivity index (χ4n) is 1.28. The zero-order chi connectivity index (χ0) is 13.8. The highest BCUT2D eigenvalue weighted by Crippen LogP contribution is 2.25. The van der Waals surface area contributed by atoms with Crippen molar-refractivity contribution in [3.63, 3.8) is 0 Å². The van der Waals surface area contributed by atoms with Crippen molar-refractivity contribution in [2.24, 2.45) is 0 Å². The number of nitrogens with zero attached hydrogens (tertiary/aromatic N) is 1. The minimum atomic E-state index is -0.964. The lowest BCUT2D eigenvalue weighted by atomic mass is 10.1. The Hall–Kier alpha value is -1.66. The van der Waals surface area contributed by atoms with Crippen LogP contribution in [0, 0.1) is 10.1 Å². The van der Waals surface area contributed by atoms with Crippen LogP contribution < -0.4 is 4.74 Å². The van der Waals surface area contributed by atoms with Crippen LogP contribution >= 0.6 is 0 Å². The molecule has 2 N–H and O–H groups in total. The summed E-state index contributed by atoms with van der Waals surface area (Å²) in [5, 5.41) is 29.5. The van der Waals surface area contributed by atoms with E-state index in [2.05, 4.69) is 0 Å². The minimum Gasteiger partial charge on any atom is -0.490 e. The molecule has 0 spiro atoms. The van der Waals surface area contributed by atoms with Crippen LogP contribution in [0.4, 0.5) is 5.69 Å². The van der Waals surface area contributed by atoms with Crippen LogP contribution in [0.1, 0.15) is 25.8 Å². The Bertz CT molecular complexity index is 430. The van der Waals surface area contributed by atoms with E-state index in [4.69, 9.17) is 9.84 Å². The van der Waals surface area contributed by atoms with E-state index >= 15 is 0 Å². The smallest absolute Gasteiger partial charge is 0.270 e. The van der Waals surface area contributed by atoms with Crippen molar-refractivity contribution in [1.29, 1.82) is 0 Å². The van der Waals surface area contributed by atoms with Crippen molar-refractivity contribution in [3.8, 4) is 5.75 Å². The first-order valence-electron chi connectivity index (χ1n) is 5.63. The maximum Gasteiger partial charge on any atom is 0.270 e. The Labute approximate surface area is 105 Å². The molecule has 1 atom stereocenters. The average molecular weight is 255 g/mol. The van der Waals surface area contributed by atoms with Gasteiger partial charge in [0.15, 0.2) is 0 Å². The molecule has 0 amide bonds. The number of nitro benzene ring substituents is 1. The zero-order valence-electron chi connectivity index (χ0n) is 10.4. The van der Waals surface area contributed by atoms with Crippen LogP contribution in [0.3, 0.4) is 0 Å². The lowest BCUT2D eigenvalue weighted by Crippen LogP contribution is -2.31. The van der Waals surface area contributed by atoms with E-state index in [-0.39, 0.29) is 18.9 Å². The van der Waals surface area contributed by atoms with Gasteiger partial charge in [-0.25, -0.2) is 0 Å². The molecule has 6 heteroatoms. The largest absolute Gasteiger partial charge is 0.490 e. The first-order valence-corrected chi connectivity index (χ1v) is 5.63. The van der Waals surface area contributed by atoms with Gasteiger partial charge in [0, 0.05) is 17.7 Å². The molecule has 1 unspecified atom stereocenters. The lowest BCUT2D eigenvalue weighted by Gasteiger charge is -2.22. The second-order valence-electron chi connectivity index (χ2n) is 4.35. The Morgan fingerprint density at radius 2 is 2.17 bits per heavy atom. The van der Waals surface area contributed by atoms with Gasteiger partial charge in [-0.05, 0) is 19.4 Å². The Morgan fingerprint density at radius 1 is 1.50 bits per heavy atom. The number of rotatable bonds is 6. The quantitative estimate of drug-likeness (QED) is 0.595. The summed E-state index contributed by atoms with van der Waals surface area (Å²) in [6.07, 6.45) is 0.522. The fourth-order valence-corrected chi connectivity index (χ4v) is 1.28. The summed E-state index contributed by atoms with van der Waals surface area (Å²) in [6.45, 7) is 3.17. The van der Waals surface area contributed by atoms with Crippen LogP contribution in [-0.4, -0.2) is 27.3 Å². The number of hydrogen-bond donors (Lipinski definition) is 2. The second kappa shape index (κ2) is 5.79. The molecule has 1 aromatic carbocycles. The van der Waals surface area contributed by atoms with Gasteiger partial charge in [-0.15, -0.1) is 0 Å². The predicted octanol–water partition coefficient (Wildman–Crippen LogP) is 1.63. The number of aliphatic hydroxyl groups is 2. The van der Waals surface area contributed by atoms with E-state index in [1.807, 2.05) is 6.92 Å². The molecule has 0 aromatic heterocycles. The Balaban J connectivity index is 2.86. The standard InChI is InChI=1S/C12H17NO5/c1-3-12(2,15)8-18-11-5-4-10(13(16)17)6-9(11)7-14/h4-6,14-15H,3,7-8H2,1-2H3. The Kier molecular flexibility index (Phi) is 4.63. The number of nitro groups is 1. The van der Waals surface area contributed by atoms with Gasteiger partial charge in [0.05, 0.1) is 17.1 Å². The highest BCUT2D eigenvalue weighted by Gasteiger charge is 2.20. The lowest BCUT2D eigenvalue weighted by molar-refractivity contribution is -0.385. The van der Waals surface area contributed by atoms with E-state index in [1.165, 1.54) is 18.2 Å². The summed E-state index contributed by atoms with van der Waals surface area (Å²) in [6, 6.07) is 3.99. The number of ether oxygens (including phenoxy) is 1. The number of aliphatic hydroxyl groups excluding tert-OH is 1. The van der Waals surface area contributed by atoms with Crippen LogP contribution in [-0.2, 0) is 6.61 Å². The molecule has 0 radical (unpaired) electrons. The van der Waals surface area contributed by atoms with Crippen molar-refractivity contribution in [2.75, 3.05) is 6.61 Å². The number of benzene rings is 1. The number of hydrogen-bond acceptors (Lipinski definition) is 5. The molecule has 18 heavy (non-hydrogen) atoms. The van der Waals surface area contributed by atoms with Crippen molar-refractivity contribution in [1.82, 2.24) is 0 Å². The van der Waals surface area contributed by atoms with Crippen molar-refractivity contribution in [3.05, 3.63) is 33.9 Å². The van der Waals surface area contributed by atoms with Crippen LogP contribution in [0.2, 0.25) is 0 Å². The van der Waals surface area contributed by atoms with Crippen molar-refractivity contribution in [2.45, 2.75) is 32.5 Å². The van der Waals surface area contributed by atoms with Crippen LogP contribution in [0.15, 0.2) is 18.2 Å². The summed E-state index contributed by atoms with van der Waals surface area (Å²) >= 11 is 0. The average Bonchev–Trinajstić information content (AvgIpc) is 2.36. The van der Waals surface area contributed by atoms with Gasteiger partial charge >= 0.3 is 0 Å². The molecule has 0 bridgehead atoms.